The molecular formula is C25H20S. The summed E-state index contributed by atoms with van der Waals surface area (Å²) in [5.74, 6) is 0. The molecule has 1 aliphatic heterocycles. The Kier molecular flexibility index (Phi) is 3.97. The van der Waals surface area contributed by atoms with Gasteiger partial charge in [0.05, 0.1) is 5.41 Å². The Hall–Kier alpha value is -2.77. The van der Waals surface area contributed by atoms with E-state index < -0.39 is 5.41 Å². The van der Waals surface area contributed by atoms with Crippen molar-refractivity contribution in [1.29, 1.82) is 0 Å². The molecule has 1 aliphatic carbocycles. The second-order valence-electron chi connectivity index (χ2n) is 6.32. The fraction of sp³-hybridized carbons (Fsp3) is 0.0400. The van der Waals surface area contributed by atoms with Crippen LogP contribution in [0.4, 0.5) is 0 Å². The smallest absolute Gasteiger partial charge is 0.0734 e. The lowest BCUT2D eigenvalue weighted by molar-refractivity contribution is 0.735. The predicted molar refractivity (Wildman–Crippen MR) is 114 cm³/mol. The molecule has 0 saturated heterocycles. The van der Waals surface area contributed by atoms with Crippen molar-refractivity contribution < 1.29 is 0 Å². The third kappa shape index (κ3) is 1.92. The second kappa shape index (κ2) is 6.19. The van der Waals surface area contributed by atoms with Crippen LogP contribution in [0.25, 0.3) is 5.57 Å². The largest absolute Gasteiger partial charge is 0.0987 e. The van der Waals surface area contributed by atoms with Gasteiger partial charge in [-0.1, -0.05) is 105 Å². The van der Waals surface area contributed by atoms with Gasteiger partial charge in [-0.3, -0.25) is 0 Å². The molecule has 0 fully saturated rings. The summed E-state index contributed by atoms with van der Waals surface area (Å²) in [6, 6.07) is 17.2. The molecule has 4 rings (SSSR count). The fourth-order valence-electron chi connectivity index (χ4n) is 4.37. The van der Waals surface area contributed by atoms with E-state index in [1.165, 1.54) is 21.6 Å². The highest BCUT2D eigenvalue weighted by atomic mass is 32.2. The van der Waals surface area contributed by atoms with E-state index in [0.29, 0.717) is 0 Å². The third-order valence-corrected chi connectivity index (χ3v) is 6.48. The average Bonchev–Trinajstić information content (AvgIpc) is 2.98. The molecule has 2 aliphatic rings. The Balaban J connectivity index is 2.27. The van der Waals surface area contributed by atoms with Crippen LogP contribution < -0.4 is 0 Å². The zero-order chi connectivity index (χ0) is 18.3. The summed E-state index contributed by atoms with van der Waals surface area (Å²) >= 11 is 1.75. The maximum absolute atomic E-state index is 4.17. The van der Waals surface area contributed by atoms with Gasteiger partial charge in [-0.25, -0.2) is 0 Å². The molecule has 2 aromatic rings. The first kappa shape index (κ1) is 16.7. The minimum atomic E-state index is -0.422. The van der Waals surface area contributed by atoms with Crippen LogP contribution in [0.5, 0.6) is 0 Å². The minimum Gasteiger partial charge on any atom is -0.0987 e. The molecule has 1 unspecified atom stereocenters. The van der Waals surface area contributed by atoms with E-state index in [4.69, 9.17) is 0 Å². The number of hydrogen-bond donors (Lipinski definition) is 0. The molecule has 1 heteroatoms. The highest BCUT2D eigenvalue weighted by Crippen LogP contribution is 2.61. The Morgan fingerprint density at radius 2 is 1.35 bits per heavy atom. The summed E-state index contributed by atoms with van der Waals surface area (Å²) in [5, 5.41) is 0. The summed E-state index contributed by atoms with van der Waals surface area (Å²) in [5.41, 5.74) is 6.78. The average molecular weight is 353 g/mol. The second-order valence-corrected chi connectivity index (χ2v) is 7.40. The summed E-state index contributed by atoms with van der Waals surface area (Å²) in [6.45, 7) is 16.5. The molecule has 0 amide bonds. The van der Waals surface area contributed by atoms with E-state index in [0.717, 1.165) is 21.6 Å². The topological polar surface area (TPSA) is 0 Å². The first-order chi connectivity index (χ1) is 12.7. The van der Waals surface area contributed by atoms with Crippen LogP contribution in [0.2, 0.25) is 0 Å². The first-order valence-corrected chi connectivity index (χ1v) is 9.42. The van der Waals surface area contributed by atoms with Crippen LogP contribution in [0.3, 0.4) is 0 Å². The van der Waals surface area contributed by atoms with Crippen LogP contribution in [0, 0.1) is 0 Å². The Bertz CT molecular complexity index is 1030. The molecule has 0 nitrogen and oxygen atoms in total. The maximum atomic E-state index is 4.17. The van der Waals surface area contributed by atoms with Gasteiger partial charge in [0.25, 0.3) is 0 Å². The van der Waals surface area contributed by atoms with Crippen molar-refractivity contribution in [3.63, 3.8) is 0 Å². The van der Waals surface area contributed by atoms with Gasteiger partial charge in [0.1, 0.15) is 0 Å². The van der Waals surface area contributed by atoms with Gasteiger partial charge >= 0.3 is 0 Å². The van der Waals surface area contributed by atoms with Crippen molar-refractivity contribution in [3.8, 4) is 0 Å². The first-order valence-electron chi connectivity index (χ1n) is 8.60. The van der Waals surface area contributed by atoms with Crippen LogP contribution in [0.15, 0.2) is 120 Å². The van der Waals surface area contributed by atoms with Gasteiger partial charge in [-0.05, 0) is 39.5 Å². The van der Waals surface area contributed by atoms with Gasteiger partial charge < -0.3 is 0 Å². The van der Waals surface area contributed by atoms with Gasteiger partial charge in [-0.15, -0.1) is 0 Å². The Labute approximate surface area is 159 Å². The molecule has 26 heavy (non-hydrogen) atoms. The summed E-state index contributed by atoms with van der Waals surface area (Å²) in [6.07, 6.45) is 7.85. The van der Waals surface area contributed by atoms with E-state index in [9.17, 15) is 0 Å². The fourth-order valence-corrected chi connectivity index (χ4v) is 5.52. The quantitative estimate of drug-likeness (QED) is 0.580. The predicted octanol–water partition coefficient (Wildman–Crippen LogP) is 6.84. The van der Waals surface area contributed by atoms with Crippen LogP contribution >= 0.6 is 11.8 Å². The summed E-state index contributed by atoms with van der Waals surface area (Å²) in [4.78, 5) is 2.38. The monoisotopic (exact) mass is 352 g/mol. The van der Waals surface area contributed by atoms with E-state index in [-0.39, 0.29) is 0 Å². The van der Waals surface area contributed by atoms with E-state index >= 15 is 0 Å². The Morgan fingerprint density at radius 3 is 2.00 bits per heavy atom. The molecule has 0 aromatic heterocycles. The van der Waals surface area contributed by atoms with E-state index in [1.807, 2.05) is 24.3 Å². The highest BCUT2D eigenvalue weighted by Gasteiger charge is 2.50. The van der Waals surface area contributed by atoms with Gasteiger partial charge in [0.2, 0.25) is 0 Å². The Morgan fingerprint density at radius 1 is 0.692 bits per heavy atom. The number of benzene rings is 2. The summed E-state index contributed by atoms with van der Waals surface area (Å²) < 4.78 is 0. The van der Waals surface area contributed by atoms with Gasteiger partial charge in [-0.2, -0.15) is 0 Å². The third-order valence-electron chi connectivity index (χ3n) is 5.29. The molecule has 0 radical (unpaired) electrons. The van der Waals surface area contributed by atoms with Crippen LogP contribution in [-0.2, 0) is 5.41 Å². The molecule has 1 heterocycles. The minimum absolute atomic E-state index is 0.422. The number of hydrogen-bond acceptors (Lipinski definition) is 1. The van der Waals surface area contributed by atoms with Crippen molar-refractivity contribution >= 4 is 17.3 Å². The molecule has 2 aromatic carbocycles. The lowest BCUT2D eigenvalue weighted by Crippen LogP contribution is -2.32. The number of fused-ring (bicyclic) bond motifs is 4. The van der Waals surface area contributed by atoms with Crippen molar-refractivity contribution in [1.82, 2.24) is 0 Å². The van der Waals surface area contributed by atoms with Gasteiger partial charge in [0, 0.05) is 9.80 Å². The molecule has 1 atom stereocenters. The lowest BCUT2D eigenvalue weighted by atomic mass is 9.66. The van der Waals surface area contributed by atoms with Crippen molar-refractivity contribution in [2.45, 2.75) is 10.3 Å². The van der Waals surface area contributed by atoms with Gasteiger partial charge in [0.15, 0.2) is 0 Å². The highest BCUT2D eigenvalue weighted by molar-refractivity contribution is 8.03. The van der Waals surface area contributed by atoms with E-state index in [1.54, 1.807) is 11.8 Å². The van der Waals surface area contributed by atoms with Crippen LogP contribution in [0.1, 0.15) is 16.7 Å². The molecule has 126 valence electrons. The maximum Gasteiger partial charge on any atom is 0.0734 e. The molecule has 0 saturated carbocycles. The normalized spacial score (nSPS) is 20.6. The number of allylic oxidation sites excluding steroid dienone is 7. The van der Waals surface area contributed by atoms with Crippen molar-refractivity contribution in [3.05, 3.63) is 132 Å². The molecular weight excluding hydrogens is 332 g/mol. The van der Waals surface area contributed by atoms with Crippen molar-refractivity contribution in [2.75, 3.05) is 0 Å². The zero-order valence-corrected chi connectivity index (χ0v) is 15.5. The molecule has 0 N–H and O–H groups in total. The summed E-state index contributed by atoms with van der Waals surface area (Å²) in [7, 11) is 0. The van der Waals surface area contributed by atoms with Crippen LogP contribution in [-0.4, -0.2) is 0 Å². The standard InChI is InChI=1S/C25H20S/c1-5-17-18-13-9-10-14-21(18)25(19(17)6-2)20(7-3)23(8-4)26-24-16-12-11-15-22(24)25/h5-16H,1-4H2. The number of rotatable bonds is 4. The molecule has 1 spiro atoms. The zero-order valence-electron chi connectivity index (χ0n) is 14.7. The van der Waals surface area contributed by atoms with Crippen molar-refractivity contribution in [2.24, 2.45) is 0 Å². The number of thioether (sulfide) groups is 1. The SMILES string of the molecule is C=CC1=C(C=C)C2(C(C=C)=C(C=C)c3ccccc32)c2ccccc2S1. The van der Waals surface area contributed by atoms with E-state index in [2.05, 4.69) is 74.8 Å². The molecule has 0 bridgehead atoms. The lowest BCUT2D eigenvalue weighted by Gasteiger charge is -2.40.